The Hall–Kier alpha value is -3.43. The number of hydrogen-bond donors (Lipinski definition) is 1. The third-order valence-corrected chi connectivity index (χ3v) is 4.71. The van der Waals surface area contributed by atoms with E-state index in [0.29, 0.717) is 10.6 Å². The number of carbonyl (C=O) groups is 1. The van der Waals surface area contributed by atoms with Crippen LogP contribution in [0.25, 0.3) is 11.1 Å². The van der Waals surface area contributed by atoms with Crippen molar-refractivity contribution in [2.24, 2.45) is 5.10 Å². The lowest BCUT2D eigenvalue weighted by Crippen LogP contribution is -2.17. The molecule has 0 saturated heterocycles. The first-order chi connectivity index (χ1) is 13.2. The Kier molecular flexibility index (Phi) is 5.98. The van der Waals surface area contributed by atoms with Crippen molar-refractivity contribution in [1.29, 1.82) is 5.26 Å². The van der Waals surface area contributed by atoms with Gasteiger partial charge in [-0.2, -0.15) is 10.4 Å². The number of nitrogens with zero attached hydrogens (tertiary/aromatic N) is 2. The van der Waals surface area contributed by atoms with Crippen molar-refractivity contribution in [2.45, 2.75) is 6.92 Å². The number of nitriles is 1. The van der Waals surface area contributed by atoms with Gasteiger partial charge in [-0.05, 0) is 53.8 Å². The normalized spacial score (nSPS) is 10.5. The zero-order valence-corrected chi connectivity index (χ0v) is 15.5. The standard InChI is InChI=1S/C21H17N3O2S/c1-15-2-6-17(7-3-15)19-10-13-27-20(19)21(25)24-23-14-16-4-8-18(9-5-16)26-12-11-22/h2-10,13-14H,12H2,1H3,(H,24,25)/b23-14-. The van der Waals surface area contributed by atoms with Crippen LogP contribution in [0.4, 0.5) is 0 Å². The van der Waals surface area contributed by atoms with Crippen molar-refractivity contribution in [3.8, 4) is 22.9 Å². The molecule has 0 aliphatic heterocycles. The highest BCUT2D eigenvalue weighted by atomic mass is 32.1. The quantitative estimate of drug-likeness (QED) is 0.513. The van der Waals surface area contributed by atoms with Gasteiger partial charge in [0, 0.05) is 5.56 Å². The first-order valence-corrected chi connectivity index (χ1v) is 9.13. The second-order valence-corrected chi connectivity index (χ2v) is 6.66. The zero-order chi connectivity index (χ0) is 19.1. The number of benzene rings is 2. The highest BCUT2D eigenvalue weighted by Gasteiger charge is 2.13. The van der Waals surface area contributed by atoms with E-state index in [-0.39, 0.29) is 12.5 Å². The van der Waals surface area contributed by atoms with Gasteiger partial charge in [-0.3, -0.25) is 4.79 Å². The van der Waals surface area contributed by atoms with Gasteiger partial charge in [-0.25, -0.2) is 5.43 Å². The van der Waals surface area contributed by atoms with Crippen molar-refractivity contribution in [1.82, 2.24) is 5.43 Å². The first kappa shape index (κ1) is 18.4. The Labute approximate surface area is 161 Å². The fraction of sp³-hybridized carbons (Fsp3) is 0.0952. The van der Waals surface area contributed by atoms with Crippen LogP contribution in [-0.4, -0.2) is 18.7 Å². The summed E-state index contributed by atoms with van der Waals surface area (Å²) >= 11 is 1.38. The fourth-order valence-corrected chi connectivity index (χ4v) is 3.23. The van der Waals surface area contributed by atoms with E-state index in [4.69, 9.17) is 10.00 Å². The van der Waals surface area contributed by atoms with Crippen molar-refractivity contribution in [3.63, 3.8) is 0 Å². The Morgan fingerprint density at radius 3 is 2.63 bits per heavy atom. The fourth-order valence-electron chi connectivity index (χ4n) is 2.43. The van der Waals surface area contributed by atoms with Gasteiger partial charge in [0.1, 0.15) is 16.7 Å². The molecule has 3 rings (SSSR count). The molecular formula is C21H17N3O2S. The number of nitrogens with one attached hydrogen (secondary N) is 1. The van der Waals surface area contributed by atoms with Crippen LogP contribution in [0.3, 0.4) is 0 Å². The topological polar surface area (TPSA) is 74.5 Å². The van der Waals surface area contributed by atoms with Gasteiger partial charge in [0.05, 0.1) is 6.21 Å². The van der Waals surface area contributed by atoms with Crippen LogP contribution < -0.4 is 10.2 Å². The van der Waals surface area contributed by atoms with E-state index >= 15 is 0 Å². The summed E-state index contributed by atoms with van der Waals surface area (Å²) in [5.74, 6) is 0.366. The van der Waals surface area contributed by atoms with E-state index in [1.807, 2.05) is 48.7 Å². The lowest BCUT2D eigenvalue weighted by molar-refractivity contribution is 0.0960. The molecule has 27 heavy (non-hydrogen) atoms. The smallest absolute Gasteiger partial charge is 0.282 e. The van der Waals surface area contributed by atoms with Gasteiger partial charge in [0.15, 0.2) is 6.61 Å². The molecule has 3 aromatic rings. The molecule has 0 radical (unpaired) electrons. The number of ether oxygens (including phenoxy) is 1. The third kappa shape index (κ3) is 4.81. The molecule has 0 aliphatic rings. The van der Waals surface area contributed by atoms with E-state index in [2.05, 4.69) is 10.5 Å². The maximum absolute atomic E-state index is 12.5. The number of carbonyl (C=O) groups excluding carboxylic acids is 1. The summed E-state index contributed by atoms with van der Waals surface area (Å²) in [5, 5.41) is 14.4. The van der Waals surface area contributed by atoms with Gasteiger partial charge >= 0.3 is 0 Å². The number of amides is 1. The van der Waals surface area contributed by atoms with Gasteiger partial charge in [-0.1, -0.05) is 29.8 Å². The molecule has 1 heterocycles. The minimum Gasteiger partial charge on any atom is -0.479 e. The molecule has 0 spiro atoms. The molecule has 1 N–H and O–H groups in total. The molecule has 0 bridgehead atoms. The molecule has 1 aromatic heterocycles. The minimum atomic E-state index is -0.245. The molecule has 2 aromatic carbocycles. The number of thiophene rings is 1. The van der Waals surface area contributed by atoms with Crippen LogP contribution in [0.1, 0.15) is 20.8 Å². The highest BCUT2D eigenvalue weighted by Crippen LogP contribution is 2.28. The predicted octanol–water partition coefficient (Wildman–Crippen LogP) is 4.39. The number of hydrogen-bond acceptors (Lipinski definition) is 5. The average Bonchev–Trinajstić information content (AvgIpc) is 3.18. The Morgan fingerprint density at radius 2 is 1.93 bits per heavy atom. The summed E-state index contributed by atoms with van der Waals surface area (Å²) in [6.07, 6.45) is 1.56. The average molecular weight is 375 g/mol. The highest BCUT2D eigenvalue weighted by molar-refractivity contribution is 7.12. The van der Waals surface area contributed by atoms with Gasteiger partial charge in [0.2, 0.25) is 0 Å². The second-order valence-electron chi connectivity index (χ2n) is 5.74. The molecule has 1 amide bonds. The number of hydrazone groups is 1. The summed E-state index contributed by atoms with van der Waals surface area (Å²) in [7, 11) is 0. The first-order valence-electron chi connectivity index (χ1n) is 8.25. The van der Waals surface area contributed by atoms with Crippen molar-refractivity contribution in [3.05, 3.63) is 76.0 Å². The molecule has 6 heteroatoms. The molecule has 0 saturated carbocycles. The van der Waals surface area contributed by atoms with Crippen LogP contribution in [-0.2, 0) is 0 Å². The van der Waals surface area contributed by atoms with E-state index in [0.717, 1.165) is 16.7 Å². The molecule has 0 aliphatic carbocycles. The molecule has 0 fully saturated rings. The summed E-state index contributed by atoms with van der Waals surface area (Å²) in [6.45, 7) is 2.04. The van der Waals surface area contributed by atoms with Gasteiger partial charge in [0.25, 0.3) is 5.91 Å². The zero-order valence-electron chi connectivity index (χ0n) is 14.7. The Balaban J connectivity index is 1.65. The van der Waals surface area contributed by atoms with Crippen LogP contribution in [0.2, 0.25) is 0 Å². The molecule has 0 unspecified atom stereocenters. The largest absolute Gasteiger partial charge is 0.479 e. The van der Waals surface area contributed by atoms with E-state index in [9.17, 15) is 4.79 Å². The van der Waals surface area contributed by atoms with E-state index in [1.165, 1.54) is 16.9 Å². The molecule has 5 nitrogen and oxygen atoms in total. The summed E-state index contributed by atoms with van der Waals surface area (Å²) in [4.78, 5) is 13.1. The second kappa shape index (κ2) is 8.79. The van der Waals surface area contributed by atoms with Crippen LogP contribution in [0.15, 0.2) is 65.1 Å². The minimum absolute atomic E-state index is 0.00756. The third-order valence-electron chi connectivity index (χ3n) is 3.80. The summed E-state index contributed by atoms with van der Waals surface area (Å²) in [6, 6.07) is 19.0. The number of rotatable bonds is 6. The lowest BCUT2D eigenvalue weighted by Gasteiger charge is -2.04. The Morgan fingerprint density at radius 1 is 1.19 bits per heavy atom. The van der Waals surface area contributed by atoms with Crippen molar-refractivity contribution >= 4 is 23.5 Å². The van der Waals surface area contributed by atoms with E-state index in [1.54, 1.807) is 30.5 Å². The molecular weight excluding hydrogens is 358 g/mol. The van der Waals surface area contributed by atoms with Crippen LogP contribution >= 0.6 is 11.3 Å². The summed E-state index contributed by atoms with van der Waals surface area (Å²) in [5.41, 5.74) is 6.45. The monoisotopic (exact) mass is 375 g/mol. The van der Waals surface area contributed by atoms with Crippen LogP contribution in [0.5, 0.6) is 5.75 Å². The summed E-state index contributed by atoms with van der Waals surface area (Å²) < 4.78 is 5.19. The van der Waals surface area contributed by atoms with Crippen molar-refractivity contribution < 1.29 is 9.53 Å². The molecule has 134 valence electrons. The van der Waals surface area contributed by atoms with Crippen molar-refractivity contribution in [2.75, 3.05) is 6.61 Å². The maximum Gasteiger partial charge on any atom is 0.282 e. The predicted molar refractivity (Wildman–Crippen MR) is 107 cm³/mol. The van der Waals surface area contributed by atoms with Crippen LogP contribution in [0, 0.1) is 18.3 Å². The van der Waals surface area contributed by atoms with E-state index < -0.39 is 0 Å². The maximum atomic E-state index is 12.5. The Bertz CT molecular complexity index is 984. The van der Waals surface area contributed by atoms with Gasteiger partial charge < -0.3 is 4.74 Å². The molecule has 0 atom stereocenters. The number of aryl methyl sites for hydroxylation is 1. The lowest BCUT2D eigenvalue weighted by atomic mass is 10.1. The SMILES string of the molecule is Cc1ccc(-c2ccsc2C(=O)N/N=C\c2ccc(OCC#N)cc2)cc1. The van der Waals surface area contributed by atoms with Gasteiger partial charge in [-0.15, -0.1) is 11.3 Å².